The third kappa shape index (κ3) is 3.42. The second-order valence-corrected chi connectivity index (χ2v) is 8.34. The van der Waals surface area contributed by atoms with E-state index < -0.39 is 0 Å². The van der Waals surface area contributed by atoms with Crippen molar-refractivity contribution in [3.8, 4) is 0 Å². The summed E-state index contributed by atoms with van der Waals surface area (Å²) in [5, 5.41) is 11.0. The first-order valence-corrected chi connectivity index (χ1v) is 9.76. The number of thioether (sulfide) groups is 1. The molecule has 2 aromatic carbocycles. The van der Waals surface area contributed by atoms with E-state index in [1.807, 2.05) is 46.9 Å². The number of aromatic amines is 1. The number of nitrogens with zero attached hydrogens (tertiary/aromatic N) is 3. The Morgan fingerprint density at radius 1 is 1.15 bits per heavy atom. The van der Waals surface area contributed by atoms with Crippen molar-refractivity contribution >= 4 is 40.2 Å². The third-order valence-corrected chi connectivity index (χ3v) is 5.28. The van der Waals surface area contributed by atoms with Gasteiger partial charge in [-0.05, 0) is 29.2 Å². The van der Waals surface area contributed by atoms with E-state index in [0.29, 0.717) is 5.78 Å². The van der Waals surface area contributed by atoms with E-state index >= 15 is 0 Å². The van der Waals surface area contributed by atoms with Crippen LogP contribution in [0.4, 0.5) is 5.69 Å². The van der Waals surface area contributed by atoms with Gasteiger partial charge in [0.25, 0.3) is 0 Å². The number of carbonyl (C=O) groups excluding carboxylic acids is 1. The Kier molecular flexibility index (Phi) is 4.39. The number of amides is 1. The molecule has 0 spiro atoms. The molecule has 0 bridgehead atoms. The van der Waals surface area contributed by atoms with E-state index in [2.05, 4.69) is 47.3 Å². The maximum atomic E-state index is 12.5. The topological polar surface area (TPSA) is 75.1 Å². The lowest BCUT2D eigenvalue weighted by Crippen LogP contribution is -2.19. The Balaban J connectivity index is 1.52. The molecule has 7 heteroatoms. The molecule has 0 fully saturated rings. The summed E-state index contributed by atoms with van der Waals surface area (Å²) < 4.78 is 1.94. The predicted octanol–water partition coefficient (Wildman–Crippen LogP) is 4.24. The molecular weight excluding hydrogens is 358 g/mol. The summed E-state index contributed by atoms with van der Waals surface area (Å²) in [5.41, 5.74) is 3.81. The summed E-state index contributed by atoms with van der Waals surface area (Å²) in [7, 11) is 0. The SMILES string of the molecule is CC(C)(C)c1ccccc1NC(=O)CSc1n[nH]c2nc3ccccc3n12. The van der Waals surface area contributed by atoms with Gasteiger partial charge in [-0.1, -0.05) is 62.9 Å². The van der Waals surface area contributed by atoms with Crippen LogP contribution < -0.4 is 5.32 Å². The quantitative estimate of drug-likeness (QED) is 0.520. The van der Waals surface area contributed by atoms with Crippen LogP contribution >= 0.6 is 11.8 Å². The zero-order valence-corrected chi connectivity index (χ0v) is 16.3. The van der Waals surface area contributed by atoms with Gasteiger partial charge in [-0.15, -0.1) is 5.10 Å². The number of H-pyrrole nitrogens is 1. The number of rotatable bonds is 4. The number of hydrogen-bond acceptors (Lipinski definition) is 4. The average molecular weight is 379 g/mol. The number of hydrogen-bond donors (Lipinski definition) is 2. The lowest BCUT2D eigenvalue weighted by molar-refractivity contribution is -0.113. The summed E-state index contributed by atoms with van der Waals surface area (Å²) in [6, 6.07) is 15.8. The van der Waals surface area contributed by atoms with Crippen molar-refractivity contribution < 1.29 is 4.79 Å². The maximum Gasteiger partial charge on any atom is 0.234 e. The van der Waals surface area contributed by atoms with Gasteiger partial charge in [-0.25, -0.2) is 10.1 Å². The molecule has 0 radical (unpaired) electrons. The van der Waals surface area contributed by atoms with Crippen LogP contribution in [-0.2, 0) is 10.2 Å². The third-order valence-electron chi connectivity index (χ3n) is 4.35. The van der Waals surface area contributed by atoms with E-state index in [-0.39, 0.29) is 17.1 Å². The van der Waals surface area contributed by atoms with Gasteiger partial charge < -0.3 is 5.32 Å². The zero-order chi connectivity index (χ0) is 19.0. The van der Waals surface area contributed by atoms with Crippen molar-refractivity contribution in [1.82, 2.24) is 19.6 Å². The maximum absolute atomic E-state index is 12.5. The van der Waals surface area contributed by atoms with Gasteiger partial charge in [0.05, 0.1) is 16.8 Å². The standard InChI is InChI=1S/C20H21N5OS/c1-20(2,3)13-8-4-5-9-14(13)21-17(26)12-27-19-24-23-18-22-15-10-6-7-11-16(15)25(18)19/h4-11H,12H2,1-3H3,(H,21,26)(H,22,23). The number of fused-ring (bicyclic) bond motifs is 3. The highest BCUT2D eigenvalue weighted by Gasteiger charge is 2.19. The molecule has 2 heterocycles. The van der Waals surface area contributed by atoms with Crippen molar-refractivity contribution in [3.63, 3.8) is 0 Å². The van der Waals surface area contributed by atoms with E-state index in [1.54, 1.807) is 0 Å². The normalized spacial score (nSPS) is 12.0. The van der Waals surface area contributed by atoms with Crippen LogP contribution in [0.25, 0.3) is 16.8 Å². The lowest BCUT2D eigenvalue weighted by Gasteiger charge is -2.22. The average Bonchev–Trinajstić information content (AvgIpc) is 3.18. The van der Waals surface area contributed by atoms with E-state index in [9.17, 15) is 4.79 Å². The summed E-state index contributed by atoms with van der Waals surface area (Å²) >= 11 is 1.39. The van der Waals surface area contributed by atoms with Crippen LogP contribution in [0, 0.1) is 0 Å². The van der Waals surface area contributed by atoms with Gasteiger partial charge in [-0.2, -0.15) is 0 Å². The summed E-state index contributed by atoms with van der Waals surface area (Å²) in [6.45, 7) is 6.41. The van der Waals surface area contributed by atoms with Crippen LogP contribution in [0.15, 0.2) is 53.7 Å². The monoisotopic (exact) mass is 379 g/mol. The minimum Gasteiger partial charge on any atom is -0.325 e. The Morgan fingerprint density at radius 3 is 2.70 bits per heavy atom. The van der Waals surface area contributed by atoms with Crippen LogP contribution in [-0.4, -0.2) is 31.2 Å². The number of para-hydroxylation sites is 3. The highest BCUT2D eigenvalue weighted by Crippen LogP contribution is 2.29. The molecule has 4 aromatic rings. The highest BCUT2D eigenvalue weighted by molar-refractivity contribution is 7.99. The van der Waals surface area contributed by atoms with Gasteiger partial charge in [-0.3, -0.25) is 9.20 Å². The van der Waals surface area contributed by atoms with E-state index in [0.717, 1.165) is 27.4 Å². The van der Waals surface area contributed by atoms with Crippen molar-refractivity contribution in [3.05, 3.63) is 54.1 Å². The Morgan fingerprint density at radius 2 is 1.89 bits per heavy atom. The van der Waals surface area contributed by atoms with Crippen LogP contribution in [0.5, 0.6) is 0 Å². The number of benzene rings is 2. The van der Waals surface area contributed by atoms with Crippen LogP contribution in [0.2, 0.25) is 0 Å². The van der Waals surface area contributed by atoms with Crippen LogP contribution in [0.1, 0.15) is 26.3 Å². The van der Waals surface area contributed by atoms with Crippen molar-refractivity contribution in [1.29, 1.82) is 0 Å². The van der Waals surface area contributed by atoms with Crippen molar-refractivity contribution in [2.24, 2.45) is 0 Å². The number of aromatic nitrogens is 4. The lowest BCUT2D eigenvalue weighted by atomic mass is 9.86. The van der Waals surface area contributed by atoms with Crippen LogP contribution in [0.3, 0.4) is 0 Å². The van der Waals surface area contributed by atoms with Crippen molar-refractivity contribution in [2.45, 2.75) is 31.3 Å². The Labute approximate surface area is 161 Å². The molecule has 0 atom stereocenters. The molecule has 0 saturated heterocycles. The molecule has 0 unspecified atom stereocenters. The second kappa shape index (κ2) is 6.74. The Hall–Kier alpha value is -2.80. The fourth-order valence-corrected chi connectivity index (χ4v) is 3.86. The number of imidazole rings is 1. The molecule has 138 valence electrons. The summed E-state index contributed by atoms with van der Waals surface area (Å²) in [5.74, 6) is 0.889. The fourth-order valence-electron chi connectivity index (χ4n) is 3.10. The van der Waals surface area contributed by atoms with Gasteiger partial charge >= 0.3 is 0 Å². The molecule has 0 aliphatic rings. The first kappa shape index (κ1) is 17.6. The van der Waals surface area contributed by atoms with Gasteiger partial charge in [0, 0.05) is 5.69 Å². The van der Waals surface area contributed by atoms with Gasteiger partial charge in [0.2, 0.25) is 11.7 Å². The summed E-state index contributed by atoms with van der Waals surface area (Å²) in [6.07, 6.45) is 0. The molecule has 0 aliphatic carbocycles. The second-order valence-electron chi connectivity index (χ2n) is 7.40. The summed E-state index contributed by atoms with van der Waals surface area (Å²) in [4.78, 5) is 17.0. The molecule has 6 nitrogen and oxygen atoms in total. The fraction of sp³-hybridized carbons (Fsp3) is 0.250. The van der Waals surface area contributed by atoms with E-state index in [4.69, 9.17) is 0 Å². The highest BCUT2D eigenvalue weighted by atomic mass is 32.2. The largest absolute Gasteiger partial charge is 0.325 e. The van der Waals surface area contributed by atoms with Gasteiger partial charge in [0.1, 0.15) is 0 Å². The molecule has 1 amide bonds. The minimum absolute atomic E-state index is 0.0406. The number of carbonyl (C=O) groups is 1. The first-order chi connectivity index (χ1) is 12.9. The molecule has 27 heavy (non-hydrogen) atoms. The molecule has 0 saturated carbocycles. The van der Waals surface area contributed by atoms with Gasteiger partial charge in [0.15, 0.2) is 5.16 Å². The first-order valence-electron chi connectivity index (χ1n) is 8.77. The molecule has 2 N–H and O–H groups in total. The van der Waals surface area contributed by atoms with Crippen molar-refractivity contribution in [2.75, 3.05) is 11.1 Å². The molecular formula is C20H21N5OS. The number of nitrogens with one attached hydrogen (secondary N) is 2. The predicted molar refractivity (Wildman–Crippen MR) is 109 cm³/mol. The minimum atomic E-state index is -0.0581. The zero-order valence-electron chi connectivity index (χ0n) is 15.5. The van der Waals surface area contributed by atoms with E-state index in [1.165, 1.54) is 11.8 Å². The molecule has 2 aromatic heterocycles. The number of anilines is 1. The molecule has 4 rings (SSSR count). The molecule has 0 aliphatic heterocycles. The Bertz CT molecular complexity index is 1120. The smallest absolute Gasteiger partial charge is 0.234 e.